The van der Waals surface area contributed by atoms with Crippen molar-refractivity contribution in [2.75, 3.05) is 6.61 Å². The largest absolute Gasteiger partial charge is 0.482 e. The van der Waals surface area contributed by atoms with Crippen molar-refractivity contribution >= 4 is 22.3 Å². The fourth-order valence-corrected chi connectivity index (χ4v) is 4.64. The molecule has 0 saturated carbocycles. The second-order valence-electron chi connectivity index (χ2n) is 7.10. The van der Waals surface area contributed by atoms with Gasteiger partial charge in [-0.05, 0) is 56.7 Å². The first-order valence-corrected chi connectivity index (χ1v) is 10.2. The molecule has 1 aromatic carbocycles. The first-order chi connectivity index (χ1) is 13.5. The van der Waals surface area contributed by atoms with Crippen LogP contribution >= 0.6 is 11.3 Å². The minimum atomic E-state index is -0.492. The van der Waals surface area contributed by atoms with Gasteiger partial charge in [-0.25, -0.2) is 9.78 Å². The number of rotatable bonds is 5. The molecule has 146 valence electrons. The second kappa shape index (κ2) is 7.75. The van der Waals surface area contributed by atoms with Gasteiger partial charge in [-0.1, -0.05) is 12.1 Å². The van der Waals surface area contributed by atoms with Crippen molar-refractivity contribution in [3.8, 4) is 5.75 Å². The third-order valence-corrected chi connectivity index (χ3v) is 6.03. The Labute approximate surface area is 166 Å². The van der Waals surface area contributed by atoms with Crippen LogP contribution in [0.2, 0.25) is 0 Å². The zero-order valence-electron chi connectivity index (χ0n) is 16.0. The Bertz CT molecular complexity index is 1100. The molecule has 28 heavy (non-hydrogen) atoms. The summed E-state index contributed by atoms with van der Waals surface area (Å²) >= 11 is 1.56. The van der Waals surface area contributed by atoms with Crippen LogP contribution in [0.15, 0.2) is 29.1 Å². The highest BCUT2D eigenvalue weighted by atomic mass is 32.1. The van der Waals surface area contributed by atoms with Crippen LogP contribution in [0.25, 0.3) is 4.96 Å². The van der Waals surface area contributed by atoms with Crippen molar-refractivity contribution in [2.24, 2.45) is 0 Å². The SMILES string of the molecule is Cc1ccc(C)c(OCC(=O)OCc2cc(=O)n3c4c(sc3n2)CCCC4)c1. The Morgan fingerprint density at radius 1 is 1.21 bits per heavy atom. The van der Waals surface area contributed by atoms with Crippen LogP contribution in [0.3, 0.4) is 0 Å². The molecular formula is C21H22N2O4S. The molecule has 2 heterocycles. The molecule has 7 heteroatoms. The van der Waals surface area contributed by atoms with Crippen LogP contribution in [0.1, 0.15) is 40.2 Å². The lowest BCUT2D eigenvalue weighted by Gasteiger charge is -2.10. The molecule has 4 rings (SSSR count). The van der Waals surface area contributed by atoms with Gasteiger partial charge in [0.2, 0.25) is 0 Å². The van der Waals surface area contributed by atoms with Crippen LogP contribution in [0.4, 0.5) is 0 Å². The van der Waals surface area contributed by atoms with E-state index in [9.17, 15) is 9.59 Å². The van der Waals surface area contributed by atoms with Crippen molar-refractivity contribution in [2.45, 2.75) is 46.1 Å². The topological polar surface area (TPSA) is 69.9 Å². The van der Waals surface area contributed by atoms with E-state index < -0.39 is 5.97 Å². The number of hydrogen-bond donors (Lipinski definition) is 0. The number of carbonyl (C=O) groups excluding carboxylic acids is 1. The number of benzene rings is 1. The molecule has 6 nitrogen and oxygen atoms in total. The van der Waals surface area contributed by atoms with E-state index in [1.807, 2.05) is 32.0 Å². The van der Waals surface area contributed by atoms with E-state index in [4.69, 9.17) is 9.47 Å². The number of aryl methyl sites for hydroxylation is 4. The monoisotopic (exact) mass is 398 g/mol. The number of nitrogens with zero attached hydrogens (tertiary/aromatic N) is 2. The summed E-state index contributed by atoms with van der Waals surface area (Å²) in [5.74, 6) is 0.173. The molecule has 0 radical (unpaired) electrons. The normalized spacial score (nSPS) is 13.4. The van der Waals surface area contributed by atoms with Crippen LogP contribution in [0, 0.1) is 13.8 Å². The maximum Gasteiger partial charge on any atom is 0.344 e. The molecule has 2 aromatic heterocycles. The Hall–Kier alpha value is -2.67. The fourth-order valence-electron chi connectivity index (χ4n) is 3.41. The van der Waals surface area contributed by atoms with Crippen LogP contribution in [0.5, 0.6) is 5.75 Å². The molecule has 1 aliphatic rings. The summed E-state index contributed by atoms with van der Waals surface area (Å²) in [6, 6.07) is 7.28. The van der Waals surface area contributed by atoms with E-state index in [0.29, 0.717) is 16.4 Å². The van der Waals surface area contributed by atoms with Gasteiger partial charge in [-0.3, -0.25) is 9.20 Å². The average Bonchev–Trinajstić information content (AvgIpc) is 3.06. The van der Waals surface area contributed by atoms with E-state index in [1.54, 1.807) is 15.7 Å². The molecule has 1 aliphatic carbocycles. The average molecular weight is 398 g/mol. The minimum absolute atomic E-state index is 0.0384. The van der Waals surface area contributed by atoms with Crippen molar-refractivity contribution in [3.63, 3.8) is 0 Å². The summed E-state index contributed by atoms with van der Waals surface area (Å²) in [6.45, 7) is 3.67. The molecule has 3 aromatic rings. The first kappa shape index (κ1) is 18.7. The van der Waals surface area contributed by atoms with Gasteiger partial charge in [0.15, 0.2) is 11.6 Å². The van der Waals surface area contributed by atoms with E-state index in [1.165, 1.54) is 10.9 Å². The van der Waals surface area contributed by atoms with Gasteiger partial charge in [0.1, 0.15) is 12.4 Å². The van der Waals surface area contributed by atoms with Crippen molar-refractivity contribution in [1.82, 2.24) is 9.38 Å². The van der Waals surface area contributed by atoms with E-state index >= 15 is 0 Å². The Kier molecular flexibility index (Phi) is 5.17. The summed E-state index contributed by atoms with van der Waals surface area (Å²) in [5, 5.41) is 0. The van der Waals surface area contributed by atoms with Crippen LogP contribution in [-0.2, 0) is 29.0 Å². The van der Waals surface area contributed by atoms with Gasteiger partial charge in [0.25, 0.3) is 5.56 Å². The van der Waals surface area contributed by atoms with E-state index in [2.05, 4.69) is 4.98 Å². The predicted octanol–water partition coefficient (Wildman–Crippen LogP) is 3.37. The lowest BCUT2D eigenvalue weighted by molar-refractivity contribution is -0.147. The van der Waals surface area contributed by atoms with Crippen molar-refractivity contribution in [3.05, 3.63) is 62.0 Å². The summed E-state index contributed by atoms with van der Waals surface area (Å²) in [6.07, 6.45) is 4.17. The Balaban J connectivity index is 1.42. The third-order valence-electron chi connectivity index (χ3n) is 4.88. The lowest BCUT2D eigenvalue weighted by Crippen LogP contribution is -2.20. The molecule has 0 aliphatic heterocycles. The molecule has 0 fully saturated rings. The van der Waals surface area contributed by atoms with Gasteiger partial charge in [-0.15, -0.1) is 11.3 Å². The maximum absolute atomic E-state index is 12.5. The molecule has 0 N–H and O–H groups in total. The van der Waals surface area contributed by atoms with E-state index in [-0.39, 0.29) is 18.8 Å². The smallest absolute Gasteiger partial charge is 0.344 e. The summed E-state index contributed by atoms with van der Waals surface area (Å²) < 4.78 is 12.5. The van der Waals surface area contributed by atoms with Gasteiger partial charge in [0, 0.05) is 16.6 Å². The number of ether oxygens (including phenoxy) is 2. The number of aromatic nitrogens is 2. The van der Waals surface area contributed by atoms with Crippen molar-refractivity contribution < 1.29 is 14.3 Å². The fraction of sp³-hybridized carbons (Fsp3) is 0.381. The van der Waals surface area contributed by atoms with Crippen LogP contribution in [-0.4, -0.2) is 22.0 Å². The minimum Gasteiger partial charge on any atom is -0.482 e. The summed E-state index contributed by atoms with van der Waals surface area (Å²) in [5.41, 5.74) is 3.46. The number of esters is 1. The van der Waals surface area contributed by atoms with Gasteiger partial charge in [0.05, 0.1) is 5.69 Å². The zero-order chi connectivity index (χ0) is 19.7. The second-order valence-corrected chi connectivity index (χ2v) is 8.16. The molecule has 0 saturated heterocycles. The standard InChI is InChI=1S/C21H22N2O4S/c1-13-7-8-14(2)17(9-13)26-12-20(25)27-11-15-10-19(24)23-16-5-3-4-6-18(16)28-21(23)22-15/h7-10H,3-6,11-12H2,1-2H3. The van der Waals surface area contributed by atoms with Crippen LogP contribution < -0.4 is 10.3 Å². The third kappa shape index (κ3) is 3.80. The number of fused-ring (bicyclic) bond motifs is 3. The molecule has 0 atom stereocenters. The summed E-state index contributed by atoms with van der Waals surface area (Å²) in [7, 11) is 0. The molecule has 0 spiro atoms. The number of hydrogen-bond acceptors (Lipinski definition) is 6. The summed E-state index contributed by atoms with van der Waals surface area (Å²) in [4.78, 5) is 31.0. The highest BCUT2D eigenvalue weighted by molar-refractivity contribution is 7.17. The first-order valence-electron chi connectivity index (χ1n) is 9.40. The number of thiazole rings is 1. The van der Waals surface area contributed by atoms with Gasteiger partial charge < -0.3 is 9.47 Å². The Morgan fingerprint density at radius 3 is 2.89 bits per heavy atom. The molecule has 0 bridgehead atoms. The highest BCUT2D eigenvalue weighted by Crippen LogP contribution is 2.28. The van der Waals surface area contributed by atoms with Crippen molar-refractivity contribution in [1.29, 1.82) is 0 Å². The molecule has 0 unspecified atom stereocenters. The molecular weight excluding hydrogens is 376 g/mol. The number of carbonyl (C=O) groups is 1. The molecule has 0 amide bonds. The Morgan fingerprint density at radius 2 is 2.04 bits per heavy atom. The lowest BCUT2D eigenvalue weighted by atomic mass is 10.0. The van der Waals surface area contributed by atoms with Gasteiger partial charge in [-0.2, -0.15) is 0 Å². The van der Waals surface area contributed by atoms with E-state index in [0.717, 1.165) is 42.5 Å². The maximum atomic E-state index is 12.5. The zero-order valence-corrected chi connectivity index (χ0v) is 16.8. The quantitative estimate of drug-likeness (QED) is 0.616. The highest BCUT2D eigenvalue weighted by Gasteiger charge is 2.18. The van der Waals surface area contributed by atoms with Gasteiger partial charge >= 0.3 is 5.97 Å². The predicted molar refractivity (Wildman–Crippen MR) is 107 cm³/mol.